The van der Waals surface area contributed by atoms with Gasteiger partial charge in [0.2, 0.25) is 0 Å². The number of nitrogens with zero attached hydrogens (tertiary/aromatic N) is 3. The maximum atomic E-state index is 12.4. The average Bonchev–Trinajstić information content (AvgIpc) is 3.14. The summed E-state index contributed by atoms with van der Waals surface area (Å²) in [6.45, 7) is 4.79. The predicted octanol–water partition coefficient (Wildman–Crippen LogP) is 2.23. The number of aromatic amines is 2. The van der Waals surface area contributed by atoms with E-state index in [9.17, 15) is 4.79 Å². The van der Waals surface area contributed by atoms with Gasteiger partial charge in [0.05, 0.1) is 18.3 Å². The van der Waals surface area contributed by atoms with Crippen LogP contribution in [-0.2, 0) is 6.54 Å². The first-order valence-electron chi connectivity index (χ1n) is 7.54. The zero-order chi connectivity index (χ0) is 15.8. The fourth-order valence-corrected chi connectivity index (χ4v) is 4.80. The first-order valence-corrected chi connectivity index (χ1v) is 9.51. The second kappa shape index (κ2) is 6.10. The molecule has 1 saturated heterocycles. The lowest BCUT2D eigenvalue weighted by atomic mass is 10.2. The van der Waals surface area contributed by atoms with Gasteiger partial charge in [0.25, 0.3) is 5.56 Å². The fourth-order valence-electron chi connectivity index (χ4n) is 2.77. The molecule has 4 rings (SSSR count). The maximum absolute atomic E-state index is 12.4. The van der Waals surface area contributed by atoms with Crippen molar-refractivity contribution in [1.29, 1.82) is 0 Å². The van der Waals surface area contributed by atoms with Crippen LogP contribution in [-0.4, -0.2) is 49.7 Å². The summed E-state index contributed by atoms with van der Waals surface area (Å²) in [4.78, 5) is 23.4. The van der Waals surface area contributed by atoms with Crippen LogP contribution in [0.15, 0.2) is 17.1 Å². The maximum Gasteiger partial charge on any atom is 0.268 e. The van der Waals surface area contributed by atoms with Gasteiger partial charge < -0.3 is 4.98 Å². The third-order valence-corrected chi connectivity index (χ3v) is 6.10. The van der Waals surface area contributed by atoms with Gasteiger partial charge in [-0.3, -0.25) is 14.8 Å². The fraction of sp³-hybridized carbons (Fsp3) is 0.400. The van der Waals surface area contributed by atoms with Crippen molar-refractivity contribution in [2.24, 2.45) is 0 Å². The van der Waals surface area contributed by atoms with E-state index in [1.807, 2.05) is 24.8 Å². The van der Waals surface area contributed by atoms with Crippen LogP contribution in [0.3, 0.4) is 0 Å². The van der Waals surface area contributed by atoms with E-state index < -0.39 is 0 Å². The molecule has 0 bridgehead atoms. The minimum absolute atomic E-state index is 0.0474. The topological polar surface area (TPSA) is 77.7 Å². The van der Waals surface area contributed by atoms with E-state index >= 15 is 0 Å². The third kappa shape index (κ3) is 2.93. The molecule has 23 heavy (non-hydrogen) atoms. The van der Waals surface area contributed by atoms with Crippen LogP contribution in [0.2, 0.25) is 0 Å². The summed E-state index contributed by atoms with van der Waals surface area (Å²) in [7, 11) is 0. The molecule has 4 heterocycles. The minimum atomic E-state index is -0.0474. The van der Waals surface area contributed by atoms with Gasteiger partial charge in [-0.15, -0.1) is 11.3 Å². The number of rotatable bonds is 3. The Morgan fingerprint density at radius 1 is 1.35 bits per heavy atom. The van der Waals surface area contributed by atoms with E-state index in [1.165, 1.54) is 11.3 Å². The summed E-state index contributed by atoms with van der Waals surface area (Å²) in [5.41, 5.74) is 2.76. The second-order valence-electron chi connectivity index (χ2n) is 5.63. The summed E-state index contributed by atoms with van der Waals surface area (Å²) in [5.74, 6) is 3.05. The number of hydrogen-bond donors (Lipinski definition) is 2. The first kappa shape index (κ1) is 14.9. The largest absolute Gasteiger partial charge is 0.308 e. The highest BCUT2D eigenvalue weighted by molar-refractivity contribution is 7.99. The number of aryl methyl sites for hydroxylation is 1. The van der Waals surface area contributed by atoms with Gasteiger partial charge in [0.15, 0.2) is 0 Å². The molecular weight excluding hydrogens is 330 g/mol. The van der Waals surface area contributed by atoms with Crippen LogP contribution in [0.1, 0.15) is 11.5 Å². The van der Waals surface area contributed by atoms with Crippen molar-refractivity contribution in [3.63, 3.8) is 0 Å². The van der Waals surface area contributed by atoms with Crippen molar-refractivity contribution in [3.8, 4) is 10.4 Å². The molecule has 120 valence electrons. The number of hydrogen-bond acceptors (Lipinski definition) is 6. The summed E-state index contributed by atoms with van der Waals surface area (Å²) in [5, 5.41) is 6.99. The molecule has 0 spiro atoms. The highest BCUT2D eigenvalue weighted by atomic mass is 32.2. The molecule has 1 aliphatic heterocycles. The molecule has 8 heteroatoms. The van der Waals surface area contributed by atoms with Crippen LogP contribution in [0.4, 0.5) is 0 Å². The Labute approximate surface area is 141 Å². The molecular formula is C15H17N5OS2. The summed E-state index contributed by atoms with van der Waals surface area (Å²) >= 11 is 3.44. The third-order valence-electron chi connectivity index (χ3n) is 4.00. The molecule has 1 aliphatic rings. The molecule has 0 radical (unpaired) electrons. The molecule has 0 atom stereocenters. The lowest BCUT2D eigenvalue weighted by Gasteiger charge is -2.25. The second-order valence-corrected chi connectivity index (χ2v) is 7.91. The van der Waals surface area contributed by atoms with Crippen LogP contribution in [0.5, 0.6) is 0 Å². The summed E-state index contributed by atoms with van der Waals surface area (Å²) in [6, 6.07) is 1.99. The number of H-pyrrole nitrogens is 2. The molecule has 0 unspecified atom stereocenters. The average molecular weight is 347 g/mol. The molecule has 0 aromatic carbocycles. The van der Waals surface area contributed by atoms with Crippen LogP contribution >= 0.6 is 23.1 Å². The number of aromatic nitrogens is 4. The van der Waals surface area contributed by atoms with Crippen LogP contribution in [0, 0.1) is 6.92 Å². The normalized spacial score (nSPS) is 16.2. The lowest BCUT2D eigenvalue weighted by molar-refractivity contribution is 0.287. The van der Waals surface area contributed by atoms with Gasteiger partial charge in [0.1, 0.15) is 10.5 Å². The van der Waals surface area contributed by atoms with Crippen molar-refractivity contribution in [2.45, 2.75) is 13.5 Å². The Morgan fingerprint density at radius 2 is 2.17 bits per heavy atom. The molecule has 3 aromatic heterocycles. The highest BCUT2D eigenvalue weighted by Crippen LogP contribution is 2.32. The Bertz CT molecular complexity index is 891. The molecule has 6 nitrogen and oxygen atoms in total. The Balaban J connectivity index is 1.69. The van der Waals surface area contributed by atoms with E-state index in [-0.39, 0.29) is 5.56 Å². The number of nitrogens with one attached hydrogen (secondary N) is 2. The molecule has 3 aromatic rings. The minimum Gasteiger partial charge on any atom is -0.308 e. The number of fused-ring (bicyclic) bond motifs is 1. The van der Waals surface area contributed by atoms with E-state index in [0.29, 0.717) is 11.2 Å². The van der Waals surface area contributed by atoms with Gasteiger partial charge in [-0.25, -0.2) is 4.98 Å². The first-order chi connectivity index (χ1) is 11.2. The SMILES string of the molecule is Cc1[nH]ncc1-c1cc2nc(CN3CCSCC3)[nH]c(=O)c2s1. The van der Waals surface area contributed by atoms with E-state index in [2.05, 4.69) is 25.1 Å². The Morgan fingerprint density at radius 3 is 2.91 bits per heavy atom. The van der Waals surface area contributed by atoms with Crippen LogP contribution < -0.4 is 5.56 Å². The van der Waals surface area contributed by atoms with E-state index in [1.54, 1.807) is 6.20 Å². The van der Waals surface area contributed by atoms with Crippen LogP contribution in [0.25, 0.3) is 20.7 Å². The summed E-state index contributed by atoms with van der Waals surface area (Å²) < 4.78 is 0.679. The van der Waals surface area contributed by atoms with Crippen molar-refractivity contribution >= 4 is 33.3 Å². The van der Waals surface area contributed by atoms with Crippen molar-refractivity contribution in [1.82, 2.24) is 25.1 Å². The van der Waals surface area contributed by atoms with Gasteiger partial charge >= 0.3 is 0 Å². The molecule has 0 aliphatic carbocycles. The van der Waals surface area contributed by atoms with Crippen molar-refractivity contribution in [2.75, 3.05) is 24.6 Å². The highest BCUT2D eigenvalue weighted by Gasteiger charge is 2.15. The number of thioether (sulfide) groups is 1. The van der Waals surface area contributed by atoms with Gasteiger partial charge in [0, 0.05) is 40.7 Å². The zero-order valence-electron chi connectivity index (χ0n) is 12.8. The quantitative estimate of drug-likeness (QED) is 0.760. The molecule has 0 saturated carbocycles. The van der Waals surface area contributed by atoms with Crippen molar-refractivity contribution in [3.05, 3.63) is 34.1 Å². The van der Waals surface area contributed by atoms with E-state index in [4.69, 9.17) is 0 Å². The van der Waals surface area contributed by atoms with Gasteiger partial charge in [-0.05, 0) is 13.0 Å². The predicted molar refractivity (Wildman–Crippen MR) is 95.2 cm³/mol. The summed E-state index contributed by atoms with van der Waals surface area (Å²) in [6.07, 6.45) is 1.79. The van der Waals surface area contributed by atoms with Gasteiger partial charge in [-0.2, -0.15) is 16.9 Å². The standard InChI is InChI=1S/C15H17N5OS2/c1-9-10(7-16-19-9)12-6-11-14(23-12)15(21)18-13(17-11)8-20-2-4-22-5-3-20/h6-7H,2-5,8H2,1H3,(H,16,19)(H,17,18,21). The van der Waals surface area contributed by atoms with Gasteiger partial charge in [-0.1, -0.05) is 0 Å². The van der Waals surface area contributed by atoms with E-state index in [0.717, 1.165) is 52.1 Å². The monoisotopic (exact) mass is 347 g/mol. The lowest BCUT2D eigenvalue weighted by Crippen LogP contribution is -2.33. The molecule has 1 fully saturated rings. The smallest absolute Gasteiger partial charge is 0.268 e. The Hall–Kier alpha value is -1.64. The Kier molecular flexibility index (Phi) is 3.96. The number of thiophene rings is 1. The zero-order valence-corrected chi connectivity index (χ0v) is 14.4. The van der Waals surface area contributed by atoms with Crippen molar-refractivity contribution < 1.29 is 0 Å². The molecule has 2 N–H and O–H groups in total. The molecule has 0 amide bonds.